The smallest absolute Gasteiger partial charge is 0.267 e. The van der Waals surface area contributed by atoms with Crippen molar-refractivity contribution < 1.29 is 4.79 Å². The second kappa shape index (κ2) is 9.08. The summed E-state index contributed by atoms with van der Waals surface area (Å²) >= 11 is 0. The van der Waals surface area contributed by atoms with Crippen LogP contribution in [0.25, 0.3) is 0 Å². The van der Waals surface area contributed by atoms with Crippen LogP contribution in [0.1, 0.15) is 60.1 Å². The normalized spacial score (nSPS) is 14.0. The lowest BCUT2D eigenvalue weighted by Gasteiger charge is -2.18. The van der Waals surface area contributed by atoms with Crippen LogP contribution in [-0.2, 0) is 24.1 Å². The molecule has 0 spiro atoms. The van der Waals surface area contributed by atoms with E-state index in [0.717, 1.165) is 65.7 Å². The largest absolute Gasteiger partial charge is 0.326 e. The van der Waals surface area contributed by atoms with Gasteiger partial charge in [-0.15, -0.1) is 0 Å². The Morgan fingerprint density at radius 1 is 1.07 bits per heavy atom. The van der Waals surface area contributed by atoms with Crippen molar-refractivity contribution >= 4 is 11.6 Å². The van der Waals surface area contributed by atoms with Crippen LogP contribution >= 0.6 is 0 Å². The molecule has 1 aromatic heterocycles. The van der Waals surface area contributed by atoms with Crippen LogP contribution < -0.4 is 10.9 Å². The Kier molecular flexibility index (Phi) is 6.07. The van der Waals surface area contributed by atoms with Gasteiger partial charge in [0.15, 0.2) is 0 Å². The van der Waals surface area contributed by atoms with E-state index < -0.39 is 0 Å². The first-order valence-corrected chi connectivity index (χ1v) is 10.7. The minimum atomic E-state index is -0.178. The number of rotatable bonds is 6. The van der Waals surface area contributed by atoms with Crippen LogP contribution in [0.4, 0.5) is 5.69 Å². The second-order valence-corrected chi connectivity index (χ2v) is 7.90. The first-order chi connectivity index (χ1) is 14.7. The van der Waals surface area contributed by atoms with Crippen LogP contribution in [0.5, 0.6) is 0 Å². The highest BCUT2D eigenvalue weighted by Crippen LogP contribution is 2.24. The van der Waals surface area contributed by atoms with E-state index in [1.807, 2.05) is 61.5 Å². The summed E-state index contributed by atoms with van der Waals surface area (Å²) in [6.07, 6.45) is 5.27. The van der Waals surface area contributed by atoms with Crippen molar-refractivity contribution in [2.24, 2.45) is 0 Å². The molecule has 0 saturated heterocycles. The van der Waals surface area contributed by atoms with Crippen molar-refractivity contribution in [3.63, 3.8) is 0 Å². The number of aromatic nitrogens is 2. The highest BCUT2D eigenvalue weighted by atomic mass is 16.2. The third-order valence-electron chi connectivity index (χ3n) is 5.88. The van der Waals surface area contributed by atoms with E-state index in [4.69, 9.17) is 0 Å². The second-order valence-electron chi connectivity index (χ2n) is 7.90. The summed E-state index contributed by atoms with van der Waals surface area (Å²) in [5.41, 5.74) is 5.75. The topological polar surface area (TPSA) is 74.8 Å². The molecule has 2 aromatic carbocycles. The molecule has 5 heteroatoms. The average molecular weight is 402 g/mol. The maximum atomic E-state index is 12.9. The average Bonchev–Trinajstić information content (AvgIpc) is 2.77. The number of hydrogen-bond donors (Lipinski definition) is 2. The van der Waals surface area contributed by atoms with Gasteiger partial charge in [-0.25, -0.2) is 5.10 Å². The highest BCUT2D eigenvalue weighted by Gasteiger charge is 2.20. The molecule has 0 saturated carbocycles. The molecule has 1 unspecified atom stereocenters. The zero-order valence-electron chi connectivity index (χ0n) is 17.3. The molecule has 1 amide bonds. The molecule has 3 aromatic rings. The molecule has 0 radical (unpaired) electrons. The predicted octanol–water partition coefficient (Wildman–Crippen LogP) is 4.37. The Morgan fingerprint density at radius 2 is 1.83 bits per heavy atom. The molecule has 1 heterocycles. The molecule has 1 aliphatic carbocycles. The fourth-order valence-electron chi connectivity index (χ4n) is 4.31. The Bertz CT molecular complexity index is 1090. The zero-order valence-corrected chi connectivity index (χ0v) is 17.3. The summed E-state index contributed by atoms with van der Waals surface area (Å²) < 4.78 is 0. The van der Waals surface area contributed by atoms with Gasteiger partial charge in [-0.05, 0) is 60.9 Å². The van der Waals surface area contributed by atoms with Crippen LogP contribution in [0.15, 0.2) is 59.4 Å². The monoisotopic (exact) mass is 401 g/mol. The molecule has 5 nitrogen and oxygen atoms in total. The molecule has 30 heavy (non-hydrogen) atoms. The fraction of sp³-hybridized carbons (Fsp3) is 0.320. The van der Waals surface area contributed by atoms with Gasteiger partial charge in [0.2, 0.25) is 5.91 Å². The third-order valence-corrected chi connectivity index (χ3v) is 5.88. The molecule has 0 bridgehead atoms. The van der Waals surface area contributed by atoms with Crippen molar-refractivity contribution in [2.45, 2.75) is 51.4 Å². The van der Waals surface area contributed by atoms with E-state index >= 15 is 0 Å². The van der Waals surface area contributed by atoms with E-state index in [0.29, 0.717) is 6.42 Å². The van der Waals surface area contributed by atoms with Crippen LogP contribution in [0.2, 0.25) is 0 Å². The lowest BCUT2D eigenvalue weighted by molar-refractivity contribution is -0.117. The number of aromatic amines is 1. The Labute approximate surface area is 176 Å². The number of carbonyl (C=O) groups is 1. The number of hydrogen-bond acceptors (Lipinski definition) is 3. The first-order valence-electron chi connectivity index (χ1n) is 10.7. The van der Waals surface area contributed by atoms with Gasteiger partial charge in [-0.3, -0.25) is 9.59 Å². The standard InChI is InChI=1S/C25H27N3O2/c1-2-20(18-10-4-3-5-11-18)24(29)26-19-12-8-9-17(15-19)16-23-21-13-6-7-14-22(21)25(30)28-27-23/h3-5,8-12,15,20H,2,6-7,13-14,16H2,1H3,(H,26,29)(H,28,30). The third kappa shape index (κ3) is 4.35. The van der Waals surface area contributed by atoms with Crippen molar-refractivity contribution in [1.82, 2.24) is 10.2 Å². The Morgan fingerprint density at radius 3 is 2.60 bits per heavy atom. The number of carbonyl (C=O) groups excluding carboxylic acids is 1. The number of H-pyrrole nitrogens is 1. The van der Waals surface area contributed by atoms with Gasteiger partial charge in [-0.1, -0.05) is 49.4 Å². The molecular weight excluding hydrogens is 374 g/mol. The van der Waals surface area contributed by atoms with Gasteiger partial charge < -0.3 is 5.32 Å². The quantitative estimate of drug-likeness (QED) is 0.644. The SMILES string of the molecule is CCC(C(=O)Nc1cccc(Cc2n[nH]c(=O)c3c2CCCC3)c1)c1ccccc1. The molecule has 154 valence electrons. The molecule has 0 fully saturated rings. The van der Waals surface area contributed by atoms with E-state index in [1.165, 1.54) is 0 Å². The molecule has 1 aliphatic rings. The van der Waals surface area contributed by atoms with Gasteiger partial charge in [0, 0.05) is 17.7 Å². The van der Waals surface area contributed by atoms with Crippen LogP contribution in [0, 0.1) is 0 Å². The van der Waals surface area contributed by atoms with Gasteiger partial charge in [0.05, 0.1) is 11.6 Å². The zero-order chi connectivity index (χ0) is 20.9. The molecular formula is C25H27N3O2. The van der Waals surface area contributed by atoms with E-state index in [9.17, 15) is 9.59 Å². The van der Waals surface area contributed by atoms with Crippen molar-refractivity contribution in [1.29, 1.82) is 0 Å². The van der Waals surface area contributed by atoms with Crippen molar-refractivity contribution in [3.05, 3.63) is 92.9 Å². The highest BCUT2D eigenvalue weighted by molar-refractivity contribution is 5.95. The summed E-state index contributed by atoms with van der Waals surface area (Å²) in [5, 5.41) is 10.1. The van der Waals surface area contributed by atoms with Crippen molar-refractivity contribution in [3.8, 4) is 0 Å². The van der Waals surface area contributed by atoms with Crippen LogP contribution in [-0.4, -0.2) is 16.1 Å². The Hall–Kier alpha value is -3.21. The summed E-state index contributed by atoms with van der Waals surface area (Å²) in [5.74, 6) is -0.178. The van der Waals surface area contributed by atoms with Crippen molar-refractivity contribution in [2.75, 3.05) is 5.32 Å². The predicted molar refractivity (Wildman–Crippen MR) is 119 cm³/mol. The first kappa shape index (κ1) is 20.1. The minimum absolute atomic E-state index is 0.000366. The number of nitrogens with one attached hydrogen (secondary N) is 2. The maximum absolute atomic E-state index is 12.9. The lowest BCUT2D eigenvalue weighted by atomic mass is 9.90. The van der Waals surface area contributed by atoms with Gasteiger partial charge >= 0.3 is 0 Å². The van der Waals surface area contributed by atoms with E-state index in [1.54, 1.807) is 0 Å². The lowest BCUT2D eigenvalue weighted by Crippen LogP contribution is -2.23. The summed E-state index contributed by atoms with van der Waals surface area (Å²) in [4.78, 5) is 25.0. The molecule has 2 N–H and O–H groups in total. The van der Waals surface area contributed by atoms with Gasteiger partial charge in [-0.2, -0.15) is 5.10 Å². The number of nitrogens with zero attached hydrogens (tertiary/aromatic N) is 1. The fourth-order valence-corrected chi connectivity index (χ4v) is 4.31. The van der Waals surface area contributed by atoms with Gasteiger partial charge in [0.1, 0.15) is 0 Å². The number of anilines is 1. The molecule has 0 aliphatic heterocycles. The number of fused-ring (bicyclic) bond motifs is 1. The van der Waals surface area contributed by atoms with E-state index in [2.05, 4.69) is 15.5 Å². The summed E-state index contributed by atoms with van der Waals surface area (Å²) in [6.45, 7) is 2.03. The number of benzene rings is 2. The van der Waals surface area contributed by atoms with E-state index in [-0.39, 0.29) is 17.4 Å². The maximum Gasteiger partial charge on any atom is 0.267 e. The minimum Gasteiger partial charge on any atom is -0.326 e. The summed E-state index contributed by atoms with van der Waals surface area (Å²) in [6, 6.07) is 17.8. The summed E-state index contributed by atoms with van der Waals surface area (Å²) in [7, 11) is 0. The Balaban J connectivity index is 1.52. The molecule has 4 rings (SSSR count). The number of amides is 1. The van der Waals surface area contributed by atoms with Crippen LogP contribution in [0.3, 0.4) is 0 Å². The van der Waals surface area contributed by atoms with Gasteiger partial charge in [0.25, 0.3) is 5.56 Å². The molecule has 1 atom stereocenters.